The molecule has 0 bridgehead atoms. The first-order valence-electron chi connectivity index (χ1n) is 11.1. The van der Waals surface area contributed by atoms with Crippen LogP contribution >= 0.6 is 0 Å². The van der Waals surface area contributed by atoms with E-state index >= 15 is 0 Å². The van der Waals surface area contributed by atoms with Gasteiger partial charge in [-0.25, -0.2) is 9.59 Å². The van der Waals surface area contributed by atoms with Crippen LogP contribution in [0.5, 0.6) is 0 Å². The highest BCUT2D eigenvalue weighted by molar-refractivity contribution is 6.04. The number of nitrogens with zero attached hydrogens (tertiary/aromatic N) is 2. The van der Waals surface area contributed by atoms with Crippen molar-refractivity contribution < 1.29 is 24.2 Å². The molecule has 0 saturated heterocycles. The number of aromatic carboxylic acids is 1. The van der Waals surface area contributed by atoms with Crippen LogP contribution in [0.4, 0.5) is 10.6 Å². The van der Waals surface area contributed by atoms with Crippen molar-refractivity contribution >= 4 is 23.8 Å². The topological polar surface area (TPSA) is 123 Å². The van der Waals surface area contributed by atoms with Crippen LogP contribution in [0.15, 0.2) is 54.7 Å². The van der Waals surface area contributed by atoms with E-state index in [1.54, 1.807) is 0 Å². The van der Waals surface area contributed by atoms with Gasteiger partial charge in [0.1, 0.15) is 23.5 Å². The Morgan fingerprint density at radius 1 is 1.09 bits per heavy atom. The maximum Gasteiger partial charge on any atom is 0.408 e. The Morgan fingerprint density at radius 3 is 2.26 bits per heavy atom. The van der Waals surface area contributed by atoms with E-state index in [0.717, 1.165) is 28.7 Å². The van der Waals surface area contributed by atoms with Crippen LogP contribution < -0.4 is 10.6 Å². The lowest BCUT2D eigenvalue weighted by Crippen LogP contribution is -2.61. The Balaban J connectivity index is 1.28. The SMILES string of the molecule is Cn1ncc(C(=O)O)c1NC(=O)C1(NC(=O)OCC2c3ccccc3-c3ccccc32)CCC1. The van der Waals surface area contributed by atoms with Crippen molar-refractivity contribution in [3.8, 4) is 11.1 Å². The smallest absolute Gasteiger partial charge is 0.408 e. The van der Waals surface area contributed by atoms with Gasteiger partial charge < -0.3 is 20.5 Å². The molecule has 2 aliphatic rings. The summed E-state index contributed by atoms with van der Waals surface area (Å²) >= 11 is 0. The highest BCUT2D eigenvalue weighted by Gasteiger charge is 2.46. The maximum absolute atomic E-state index is 13.0. The molecule has 3 N–H and O–H groups in total. The van der Waals surface area contributed by atoms with Crippen LogP contribution in [-0.4, -0.2) is 45.0 Å². The molecule has 1 saturated carbocycles. The number of nitrogens with one attached hydrogen (secondary N) is 2. The first-order chi connectivity index (χ1) is 16.4. The van der Waals surface area contributed by atoms with E-state index in [0.29, 0.717) is 12.8 Å². The van der Waals surface area contributed by atoms with Crippen LogP contribution in [0.25, 0.3) is 11.1 Å². The number of aromatic nitrogens is 2. The van der Waals surface area contributed by atoms with Crippen molar-refractivity contribution in [2.45, 2.75) is 30.7 Å². The molecule has 9 heteroatoms. The van der Waals surface area contributed by atoms with Crippen molar-refractivity contribution in [2.75, 3.05) is 11.9 Å². The highest BCUT2D eigenvalue weighted by Crippen LogP contribution is 2.44. The zero-order chi connectivity index (χ0) is 23.9. The first-order valence-corrected chi connectivity index (χ1v) is 11.1. The Hall–Kier alpha value is -4.14. The molecule has 0 unspecified atom stereocenters. The fourth-order valence-corrected chi connectivity index (χ4v) is 4.74. The van der Waals surface area contributed by atoms with Gasteiger partial charge in [-0.1, -0.05) is 48.5 Å². The number of amides is 2. The van der Waals surface area contributed by atoms with E-state index in [1.807, 2.05) is 36.4 Å². The number of rotatable bonds is 6. The molecular formula is C25H24N4O5. The van der Waals surface area contributed by atoms with Gasteiger partial charge in [-0.05, 0) is 41.5 Å². The van der Waals surface area contributed by atoms with Gasteiger partial charge in [0.25, 0.3) is 5.91 Å². The van der Waals surface area contributed by atoms with Gasteiger partial charge in [0.2, 0.25) is 0 Å². The zero-order valence-electron chi connectivity index (χ0n) is 18.6. The predicted molar refractivity (Wildman–Crippen MR) is 124 cm³/mol. The third-order valence-electron chi connectivity index (χ3n) is 6.73. The quantitative estimate of drug-likeness (QED) is 0.517. The van der Waals surface area contributed by atoms with E-state index in [2.05, 4.69) is 27.9 Å². The number of hydrogen-bond acceptors (Lipinski definition) is 5. The number of carbonyl (C=O) groups excluding carboxylic acids is 2. The van der Waals surface area contributed by atoms with E-state index in [9.17, 15) is 19.5 Å². The fraction of sp³-hybridized carbons (Fsp3) is 0.280. The summed E-state index contributed by atoms with van der Waals surface area (Å²) in [7, 11) is 1.54. The number of fused-ring (bicyclic) bond motifs is 3. The molecule has 0 spiro atoms. The number of ether oxygens (including phenoxy) is 1. The summed E-state index contributed by atoms with van der Waals surface area (Å²) in [6, 6.07) is 16.1. The minimum Gasteiger partial charge on any atom is -0.477 e. The standard InChI is InChI=1S/C25H24N4O5/c1-29-21(19(13-26-29)22(30)31)27-23(32)25(11-6-12-25)28-24(33)34-14-20-17-9-4-2-7-15(17)16-8-3-5-10-18(16)20/h2-5,7-10,13,20H,6,11-12,14H2,1H3,(H,27,32)(H,28,33)(H,30,31). The van der Waals surface area contributed by atoms with Gasteiger partial charge in [-0.2, -0.15) is 5.10 Å². The average Bonchev–Trinajstić information content (AvgIpc) is 3.32. The molecular weight excluding hydrogens is 436 g/mol. The van der Waals surface area contributed by atoms with Gasteiger partial charge in [0.05, 0.1) is 6.20 Å². The second kappa shape index (κ2) is 8.33. The summed E-state index contributed by atoms with van der Waals surface area (Å²) in [6.45, 7) is 0.141. The number of carbonyl (C=O) groups is 3. The van der Waals surface area contributed by atoms with Crippen LogP contribution in [0.2, 0.25) is 0 Å². The summed E-state index contributed by atoms with van der Waals surface area (Å²) in [6.07, 6.45) is 2.12. The molecule has 34 heavy (non-hydrogen) atoms. The van der Waals surface area contributed by atoms with Crippen molar-refractivity contribution in [1.82, 2.24) is 15.1 Å². The van der Waals surface area contributed by atoms with E-state index in [-0.39, 0.29) is 23.9 Å². The molecule has 2 aromatic carbocycles. The molecule has 2 amide bonds. The summed E-state index contributed by atoms with van der Waals surface area (Å²) in [5.74, 6) is -1.70. The minimum atomic E-state index is -1.20. The van der Waals surface area contributed by atoms with Crippen LogP contribution in [0.1, 0.15) is 46.7 Å². The van der Waals surface area contributed by atoms with E-state index < -0.39 is 23.5 Å². The lowest BCUT2D eigenvalue weighted by molar-refractivity contribution is -0.125. The van der Waals surface area contributed by atoms with Gasteiger partial charge in [0.15, 0.2) is 0 Å². The molecule has 2 aliphatic carbocycles. The van der Waals surface area contributed by atoms with Crippen molar-refractivity contribution in [1.29, 1.82) is 0 Å². The number of anilines is 1. The van der Waals surface area contributed by atoms with Crippen molar-refractivity contribution in [2.24, 2.45) is 7.05 Å². The zero-order valence-corrected chi connectivity index (χ0v) is 18.6. The first kappa shape index (κ1) is 21.7. The summed E-state index contributed by atoms with van der Waals surface area (Å²) in [5.41, 5.74) is 3.20. The van der Waals surface area contributed by atoms with Crippen molar-refractivity contribution in [3.05, 3.63) is 71.4 Å². The molecule has 174 valence electrons. The monoisotopic (exact) mass is 460 g/mol. The van der Waals surface area contributed by atoms with Crippen LogP contribution in [0, 0.1) is 0 Å². The van der Waals surface area contributed by atoms with Crippen LogP contribution in [0.3, 0.4) is 0 Å². The molecule has 1 heterocycles. The summed E-state index contributed by atoms with van der Waals surface area (Å²) in [5, 5.41) is 18.6. The molecule has 0 atom stereocenters. The third-order valence-corrected chi connectivity index (χ3v) is 6.73. The number of aryl methyl sites for hydroxylation is 1. The second-order valence-corrected chi connectivity index (χ2v) is 8.68. The Bertz CT molecular complexity index is 1250. The van der Waals surface area contributed by atoms with E-state index in [4.69, 9.17) is 4.74 Å². The molecule has 5 rings (SSSR count). The molecule has 1 fully saturated rings. The van der Waals surface area contributed by atoms with Gasteiger partial charge in [-0.15, -0.1) is 0 Å². The Kier molecular flexibility index (Phi) is 5.31. The average molecular weight is 460 g/mol. The third kappa shape index (κ3) is 3.59. The highest BCUT2D eigenvalue weighted by atomic mass is 16.5. The van der Waals surface area contributed by atoms with Crippen LogP contribution in [-0.2, 0) is 16.6 Å². The van der Waals surface area contributed by atoms with E-state index in [1.165, 1.54) is 17.9 Å². The number of alkyl carbamates (subject to hydrolysis) is 1. The second-order valence-electron chi connectivity index (χ2n) is 8.68. The number of benzene rings is 2. The number of hydrogen-bond donors (Lipinski definition) is 3. The molecule has 0 aliphatic heterocycles. The largest absolute Gasteiger partial charge is 0.477 e. The lowest BCUT2D eigenvalue weighted by Gasteiger charge is -2.40. The Labute approximate surface area is 195 Å². The number of carboxylic acid groups (broad SMARTS) is 1. The summed E-state index contributed by atoms with van der Waals surface area (Å²) in [4.78, 5) is 37.2. The molecule has 3 aromatic rings. The van der Waals surface area contributed by atoms with Gasteiger partial charge in [0, 0.05) is 13.0 Å². The van der Waals surface area contributed by atoms with Crippen molar-refractivity contribution in [3.63, 3.8) is 0 Å². The summed E-state index contributed by atoms with van der Waals surface area (Å²) < 4.78 is 6.88. The maximum atomic E-state index is 13.0. The molecule has 0 radical (unpaired) electrons. The normalized spacial score (nSPS) is 15.6. The predicted octanol–water partition coefficient (Wildman–Crippen LogP) is 3.52. The van der Waals surface area contributed by atoms with Gasteiger partial charge in [-0.3, -0.25) is 9.48 Å². The molecule has 9 nitrogen and oxygen atoms in total. The number of carboxylic acids is 1. The Morgan fingerprint density at radius 2 is 1.71 bits per heavy atom. The minimum absolute atomic E-state index is 0.0677. The lowest BCUT2D eigenvalue weighted by atomic mass is 9.76. The fourth-order valence-electron chi connectivity index (χ4n) is 4.74. The molecule has 1 aromatic heterocycles. The van der Waals surface area contributed by atoms with Gasteiger partial charge >= 0.3 is 12.1 Å².